The molecule has 2 heterocycles. The Bertz CT molecular complexity index is 1230. The fourth-order valence-electron chi connectivity index (χ4n) is 4.62. The smallest absolute Gasteiger partial charge is 0.337 e. The van der Waals surface area contributed by atoms with Crippen LogP contribution in [-0.2, 0) is 30.8 Å². The molecule has 4 rings (SSSR count). The molecular formula is C25H29N3O6S. The molecule has 2 amide bonds. The maximum absolute atomic E-state index is 13.3. The summed E-state index contributed by atoms with van der Waals surface area (Å²) in [6.07, 6.45) is 2.34. The van der Waals surface area contributed by atoms with Crippen LogP contribution in [0.15, 0.2) is 47.4 Å². The summed E-state index contributed by atoms with van der Waals surface area (Å²) < 4.78 is 32.6. The Morgan fingerprint density at radius 1 is 1.00 bits per heavy atom. The van der Waals surface area contributed by atoms with Gasteiger partial charge in [-0.3, -0.25) is 9.59 Å². The lowest BCUT2D eigenvalue weighted by Crippen LogP contribution is -2.41. The third-order valence-corrected chi connectivity index (χ3v) is 8.48. The van der Waals surface area contributed by atoms with Crippen molar-refractivity contribution in [1.82, 2.24) is 4.31 Å². The summed E-state index contributed by atoms with van der Waals surface area (Å²) in [5.41, 5.74) is 2.59. The zero-order chi connectivity index (χ0) is 25.2. The lowest BCUT2D eigenvalue weighted by molar-refractivity contribution is -0.121. The second kappa shape index (κ2) is 10.2. The topological polar surface area (TPSA) is 113 Å². The summed E-state index contributed by atoms with van der Waals surface area (Å²) in [5.74, 6) is -0.992. The Morgan fingerprint density at radius 3 is 2.31 bits per heavy atom. The van der Waals surface area contributed by atoms with E-state index >= 15 is 0 Å². The lowest BCUT2D eigenvalue weighted by Gasteiger charge is -2.32. The van der Waals surface area contributed by atoms with E-state index in [0.717, 1.165) is 24.1 Å². The van der Waals surface area contributed by atoms with Crippen LogP contribution < -0.4 is 10.2 Å². The number of carbonyl (C=O) groups excluding carboxylic acids is 3. The number of benzene rings is 2. The first-order valence-electron chi connectivity index (χ1n) is 11.6. The molecule has 0 radical (unpaired) electrons. The molecule has 1 fully saturated rings. The first-order chi connectivity index (χ1) is 16.7. The highest BCUT2D eigenvalue weighted by Gasteiger charge is 2.33. The highest BCUT2D eigenvalue weighted by Crippen LogP contribution is 2.32. The third kappa shape index (κ3) is 5.23. The molecule has 2 aromatic rings. The summed E-state index contributed by atoms with van der Waals surface area (Å²) in [6.45, 7) is 2.65. The number of esters is 1. The Morgan fingerprint density at radius 2 is 1.69 bits per heavy atom. The van der Waals surface area contributed by atoms with Gasteiger partial charge in [-0.15, -0.1) is 0 Å². The lowest BCUT2D eigenvalue weighted by atomic mass is 9.97. The SMILES string of the molecule is COC(=O)c1ccc(NC(=O)C2CCN(S(=O)(=O)c3ccc4c(c3)CCCN4C(C)=O)CC2)cc1. The number of hydrogen-bond acceptors (Lipinski definition) is 6. The second-order valence-corrected chi connectivity index (χ2v) is 10.7. The molecule has 10 heteroatoms. The van der Waals surface area contributed by atoms with Crippen LogP contribution in [0.5, 0.6) is 0 Å². The van der Waals surface area contributed by atoms with Crippen molar-refractivity contribution >= 4 is 39.2 Å². The summed E-state index contributed by atoms with van der Waals surface area (Å²) in [5, 5.41) is 2.84. The number of methoxy groups -OCH3 is 1. The fourth-order valence-corrected chi connectivity index (χ4v) is 6.14. The molecule has 1 N–H and O–H groups in total. The van der Waals surface area contributed by atoms with Gasteiger partial charge in [0.1, 0.15) is 0 Å². The number of piperidine rings is 1. The van der Waals surface area contributed by atoms with Gasteiger partial charge in [-0.2, -0.15) is 4.31 Å². The van der Waals surface area contributed by atoms with E-state index in [2.05, 4.69) is 10.1 Å². The molecule has 0 aliphatic carbocycles. The van der Waals surface area contributed by atoms with E-state index in [0.29, 0.717) is 30.6 Å². The maximum atomic E-state index is 13.3. The number of aryl methyl sites for hydroxylation is 1. The van der Waals surface area contributed by atoms with Crippen LogP contribution in [0.1, 0.15) is 42.1 Å². The van der Waals surface area contributed by atoms with Gasteiger partial charge < -0.3 is 15.0 Å². The van der Waals surface area contributed by atoms with Crippen molar-refractivity contribution in [3.63, 3.8) is 0 Å². The van der Waals surface area contributed by atoms with Gasteiger partial charge in [0.2, 0.25) is 21.8 Å². The van der Waals surface area contributed by atoms with E-state index in [1.165, 1.54) is 18.3 Å². The minimum Gasteiger partial charge on any atom is -0.465 e. The molecule has 0 atom stereocenters. The molecular weight excluding hydrogens is 470 g/mol. The molecule has 9 nitrogen and oxygen atoms in total. The number of nitrogens with one attached hydrogen (secondary N) is 1. The maximum Gasteiger partial charge on any atom is 0.337 e. The van der Waals surface area contributed by atoms with Gasteiger partial charge in [0.05, 0.1) is 17.6 Å². The average molecular weight is 500 g/mol. The number of ether oxygens (including phenoxy) is 1. The van der Waals surface area contributed by atoms with Crippen LogP contribution in [0.25, 0.3) is 0 Å². The Balaban J connectivity index is 1.38. The monoisotopic (exact) mass is 499 g/mol. The summed E-state index contributed by atoms with van der Waals surface area (Å²) >= 11 is 0. The Hall–Kier alpha value is -3.24. The standard InChI is InChI=1S/C25H29N3O6S/c1-17(29)28-13-3-4-20-16-22(9-10-23(20)28)35(32,33)27-14-11-18(12-15-27)24(30)26-21-7-5-19(6-8-21)25(31)34-2/h5-10,16,18H,3-4,11-15H2,1-2H3,(H,26,30). The van der Waals surface area contributed by atoms with Crippen molar-refractivity contribution in [1.29, 1.82) is 0 Å². The van der Waals surface area contributed by atoms with Crippen molar-refractivity contribution in [3.8, 4) is 0 Å². The number of amides is 2. The van der Waals surface area contributed by atoms with E-state index in [4.69, 9.17) is 0 Å². The van der Waals surface area contributed by atoms with Gasteiger partial charge in [0, 0.05) is 43.9 Å². The number of sulfonamides is 1. The van der Waals surface area contributed by atoms with E-state index in [1.54, 1.807) is 47.4 Å². The number of anilines is 2. The van der Waals surface area contributed by atoms with Crippen LogP contribution in [0.2, 0.25) is 0 Å². The number of rotatable bonds is 5. The molecule has 2 aliphatic heterocycles. The van der Waals surface area contributed by atoms with Crippen molar-refractivity contribution in [2.24, 2.45) is 5.92 Å². The molecule has 2 aliphatic rings. The molecule has 2 aromatic carbocycles. The molecule has 0 bridgehead atoms. The highest BCUT2D eigenvalue weighted by molar-refractivity contribution is 7.89. The zero-order valence-electron chi connectivity index (χ0n) is 19.8. The van der Waals surface area contributed by atoms with Crippen molar-refractivity contribution < 1.29 is 27.5 Å². The summed E-state index contributed by atoms with van der Waals surface area (Å²) in [7, 11) is -2.40. The number of carbonyl (C=O) groups is 3. The van der Waals surface area contributed by atoms with Crippen LogP contribution in [-0.4, -0.2) is 57.3 Å². The molecule has 0 aromatic heterocycles. The Kier molecular flexibility index (Phi) is 7.23. The van der Waals surface area contributed by atoms with Gasteiger partial charge in [-0.1, -0.05) is 0 Å². The summed E-state index contributed by atoms with van der Waals surface area (Å²) in [4.78, 5) is 38.0. The van der Waals surface area contributed by atoms with E-state index in [-0.39, 0.29) is 35.7 Å². The third-order valence-electron chi connectivity index (χ3n) is 6.59. The second-order valence-electron chi connectivity index (χ2n) is 8.80. The van der Waals surface area contributed by atoms with E-state index < -0.39 is 16.0 Å². The largest absolute Gasteiger partial charge is 0.465 e. The molecule has 0 unspecified atom stereocenters. The van der Waals surface area contributed by atoms with Gasteiger partial charge in [-0.05, 0) is 73.7 Å². The van der Waals surface area contributed by atoms with Gasteiger partial charge in [0.25, 0.3) is 0 Å². The Labute approximate surface area is 205 Å². The van der Waals surface area contributed by atoms with Gasteiger partial charge >= 0.3 is 5.97 Å². The quantitative estimate of drug-likeness (QED) is 0.633. The fraction of sp³-hybridized carbons (Fsp3) is 0.400. The van der Waals surface area contributed by atoms with Crippen LogP contribution >= 0.6 is 0 Å². The van der Waals surface area contributed by atoms with E-state index in [9.17, 15) is 22.8 Å². The van der Waals surface area contributed by atoms with E-state index in [1.807, 2.05) is 0 Å². The minimum absolute atomic E-state index is 0.0543. The summed E-state index contributed by atoms with van der Waals surface area (Å²) in [6, 6.07) is 11.4. The number of hydrogen-bond donors (Lipinski definition) is 1. The first kappa shape index (κ1) is 24.9. The van der Waals surface area contributed by atoms with Crippen molar-refractivity contribution in [2.75, 3.05) is 37.0 Å². The van der Waals surface area contributed by atoms with Gasteiger partial charge in [-0.25, -0.2) is 13.2 Å². The molecule has 1 saturated heterocycles. The highest BCUT2D eigenvalue weighted by atomic mass is 32.2. The molecule has 186 valence electrons. The number of nitrogens with zero attached hydrogens (tertiary/aromatic N) is 2. The van der Waals surface area contributed by atoms with Crippen molar-refractivity contribution in [2.45, 2.75) is 37.5 Å². The normalized spacial score (nSPS) is 16.9. The zero-order valence-corrected chi connectivity index (χ0v) is 20.6. The van der Waals surface area contributed by atoms with Gasteiger partial charge in [0.15, 0.2) is 0 Å². The predicted octanol–water partition coefficient (Wildman–Crippen LogP) is 2.81. The molecule has 0 spiro atoms. The first-order valence-corrected chi connectivity index (χ1v) is 13.0. The van der Waals surface area contributed by atoms with Crippen LogP contribution in [0.3, 0.4) is 0 Å². The number of fused-ring (bicyclic) bond motifs is 1. The van der Waals surface area contributed by atoms with Crippen molar-refractivity contribution in [3.05, 3.63) is 53.6 Å². The molecule has 0 saturated carbocycles. The minimum atomic E-state index is -3.70. The van der Waals surface area contributed by atoms with Crippen LogP contribution in [0, 0.1) is 5.92 Å². The molecule has 35 heavy (non-hydrogen) atoms. The average Bonchev–Trinajstić information content (AvgIpc) is 2.87. The predicted molar refractivity (Wildman–Crippen MR) is 131 cm³/mol. The van der Waals surface area contributed by atoms with Crippen LogP contribution in [0.4, 0.5) is 11.4 Å².